The van der Waals surface area contributed by atoms with Crippen LogP contribution in [-0.2, 0) is 26.2 Å². The van der Waals surface area contributed by atoms with Gasteiger partial charge < -0.3 is 14.3 Å². The molecule has 21 heavy (non-hydrogen) atoms. The largest absolute Gasteiger partial charge is 0.465 e. The van der Waals surface area contributed by atoms with Crippen LogP contribution < -0.4 is 5.32 Å². The second kappa shape index (κ2) is 6.45. The van der Waals surface area contributed by atoms with Crippen molar-refractivity contribution in [3.8, 4) is 0 Å². The van der Waals surface area contributed by atoms with Crippen LogP contribution in [0.15, 0.2) is 22.9 Å². The minimum Gasteiger partial charge on any atom is -0.465 e. The molecule has 5 nitrogen and oxygen atoms in total. The standard InChI is InChI=1S/C16H24N4O/c1-3-4-17-10-15-9-14(13(2)21-15)11-19-7-8-20-6-5-18-16(20)12-19/h5-6,9,17H,3-4,7-8,10-12H2,1-2H3. The van der Waals surface area contributed by atoms with Crippen molar-refractivity contribution in [3.63, 3.8) is 0 Å². The van der Waals surface area contributed by atoms with Gasteiger partial charge in [-0.1, -0.05) is 6.92 Å². The first-order chi connectivity index (χ1) is 10.3. The highest BCUT2D eigenvalue weighted by atomic mass is 16.3. The zero-order chi connectivity index (χ0) is 14.7. The van der Waals surface area contributed by atoms with E-state index in [4.69, 9.17) is 4.42 Å². The number of hydrogen-bond donors (Lipinski definition) is 1. The second-order valence-electron chi connectivity index (χ2n) is 5.72. The summed E-state index contributed by atoms with van der Waals surface area (Å²) in [7, 11) is 0. The van der Waals surface area contributed by atoms with E-state index in [2.05, 4.69) is 45.9 Å². The summed E-state index contributed by atoms with van der Waals surface area (Å²) >= 11 is 0. The lowest BCUT2D eigenvalue weighted by Crippen LogP contribution is -2.33. The fourth-order valence-corrected chi connectivity index (χ4v) is 2.82. The highest BCUT2D eigenvalue weighted by Gasteiger charge is 2.18. The van der Waals surface area contributed by atoms with Crippen LogP contribution in [0, 0.1) is 6.92 Å². The third kappa shape index (κ3) is 3.36. The maximum absolute atomic E-state index is 5.85. The van der Waals surface area contributed by atoms with Crippen LogP contribution in [0.4, 0.5) is 0 Å². The van der Waals surface area contributed by atoms with Gasteiger partial charge in [-0.15, -0.1) is 0 Å². The molecule has 0 fully saturated rings. The second-order valence-corrected chi connectivity index (χ2v) is 5.72. The SMILES string of the molecule is CCCNCc1cc(CN2CCn3ccnc3C2)c(C)o1. The van der Waals surface area contributed by atoms with E-state index in [1.165, 1.54) is 5.56 Å². The van der Waals surface area contributed by atoms with Gasteiger partial charge in [-0.25, -0.2) is 4.98 Å². The van der Waals surface area contributed by atoms with E-state index >= 15 is 0 Å². The lowest BCUT2D eigenvalue weighted by atomic mass is 10.2. The van der Waals surface area contributed by atoms with Gasteiger partial charge >= 0.3 is 0 Å². The molecule has 0 aromatic carbocycles. The van der Waals surface area contributed by atoms with E-state index in [0.29, 0.717) is 0 Å². The Labute approximate surface area is 126 Å². The Bertz CT molecular complexity index is 587. The molecule has 0 saturated carbocycles. The maximum atomic E-state index is 5.85. The average Bonchev–Trinajstić information content (AvgIpc) is 3.06. The smallest absolute Gasteiger partial charge is 0.122 e. The van der Waals surface area contributed by atoms with E-state index < -0.39 is 0 Å². The van der Waals surface area contributed by atoms with Gasteiger partial charge in [-0.2, -0.15) is 0 Å². The number of fused-ring (bicyclic) bond motifs is 1. The summed E-state index contributed by atoms with van der Waals surface area (Å²) in [6.45, 7) is 10.0. The van der Waals surface area contributed by atoms with Crippen molar-refractivity contribution in [3.05, 3.63) is 41.4 Å². The quantitative estimate of drug-likeness (QED) is 0.829. The highest BCUT2D eigenvalue weighted by Crippen LogP contribution is 2.19. The molecule has 3 heterocycles. The summed E-state index contributed by atoms with van der Waals surface area (Å²) in [5.41, 5.74) is 1.29. The minimum atomic E-state index is 0.819. The molecule has 0 amide bonds. The molecule has 1 aliphatic rings. The third-order valence-corrected chi connectivity index (χ3v) is 4.02. The van der Waals surface area contributed by atoms with Crippen molar-refractivity contribution >= 4 is 0 Å². The van der Waals surface area contributed by atoms with Gasteiger partial charge in [0.15, 0.2) is 0 Å². The Morgan fingerprint density at radius 3 is 3.14 bits per heavy atom. The summed E-state index contributed by atoms with van der Waals surface area (Å²) < 4.78 is 8.08. The molecular weight excluding hydrogens is 264 g/mol. The van der Waals surface area contributed by atoms with Crippen LogP contribution in [0.1, 0.15) is 36.3 Å². The lowest BCUT2D eigenvalue weighted by Gasteiger charge is -2.27. The molecule has 0 radical (unpaired) electrons. The van der Waals surface area contributed by atoms with Crippen molar-refractivity contribution in [2.45, 2.75) is 46.4 Å². The summed E-state index contributed by atoms with van der Waals surface area (Å²) in [5, 5.41) is 3.38. The Morgan fingerprint density at radius 1 is 1.38 bits per heavy atom. The van der Waals surface area contributed by atoms with Crippen LogP contribution in [0.3, 0.4) is 0 Å². The number of rotatable bonds is 6. The molecule has 2 aromatic heterocycles. The first-order valence-corrected chi connectivity index (χ1v) is 7.77. The van der Waals surface area contributed by atoms with Crippen LogP contribution in [-0.4, -0.2) is 27.5 Å². The minimum absolute atomic E-state index is 0.819. The molecule has 114 valence electrons. The van der Waals surface area contributed by atoms with Gasteiger partial charge in [0.1, 0.15) is 17.3 Å². The van der Waals surface area contributed by atoms with Gasteiger partial charge in [0.05, 0.1) is 13.1 Å². The van der Waals surface area contributed by atoms with Gasteiger partial charge in [-0.05, 0) is 26.0 Å². The summed E-state index contributed by atoms with van der Waals surface area (Å²) in [5.74, 6) is 3.24. The molecule has 1 N–H and O–H groups in total. The monoisotopic (exact) mass is 288 g/mol. The number of nitrogens with zero attached hydrogens (tertiary/aromatic N) is 3. The van der Waals surface area contributed by atoms with Gasteiger partial charge in [-0.3, -0.25) is 4.90 Å². The van der Waals surface area contributed by atoms with Crippen LogP contribution in [0.5, 0.6) is 0 Å². The first kappa shape index (κ1) is 14.4. The summed E-state index contributed by atoms with van der Waals surface area (Å²) in [6, 6.07) is 2.19. The molecule has 5 heteroatoms. The number of furan rings is 1. The highest BCUT2D eigenvalue weighted by molar-refractivity contribution is 5.21. The Balaban J connectivity index is 1.60. The molecule has 3 rings (SSSR count). The van der Waals surface area contributed by atoms with Gasteiger partial charge in [0.2, 0.25) is 0 Å². The van der Waals surface area contributed by atoms with Gasteiger partial charge in [0, 0.05) is 37.6 Å². The van der Waals surface area contributed by atoms with Crippen molar-refractivity contribution in [1.29, 1.82) is 0 Å². The van der Waals surface area contributed by atoms with E-state index in [1.807, 2.05) is 6.20 Å². The molecule has 2 aromatic rings. The fraction of sp³-hybridized carbons (Fsp3) is 0.562. The number of aryl methyl sites for hydroxylation is 1. The molecule has 0 spiro atoms. The summed E-state index contributed by atoms with van der Waals surface area (Å²) in [4.78, 5) is 6.85. The summed E-state index contributed by atoms with van der Waals surface area (Å²) in [6.07, 6.45) is 5.10. The van der Waals surface area contributed by atoms with Crippen LogP contribution >= 0.6 is 0 Å². The Kier molecular flexibility index (Phi) is 4.41. The number of hydrogen-bond acceptors (Lipinski definition) is 4. The molecule has 0 unspecified atom stereocenters. The predicted molar refractivity (Wildman–Crippen MR) is 81.8 cm³/mol. The van der Waals surface area contributed by atoms with E-state index in [0.717, 1.165) is 63.0 Å². The third-order valence-electron chi connectivity index (χ3n) is 4.02. The molecule has 1 aliphatic heterocycles. The Morgan fingerprint density at radius 2 is 2.29 bits per heavy atom. The van der Waals surface area contributed by atoms with Crippen molar-refractivity contribution in [2.24, 2.45) is 0 Å². The van der Waals surface area contributed by atoms with Gasteiger partial charge in [0.25, 0.3) is 0 Å². The zero-order valence-corrected chi connectivity index (χ0v) is 12.9. The Hall–Kier alpha value is -1.59. The normalized spacial score (nSPS) is 15.3. The number of nitrogens with one attached hydrogen (secondary N) is 1. The van der Waals surface area contributed by atoms with E-state index in [-0.39, 0.29) is 0 Å². The van der Waals surface area contributed by atoms with Crippen molar-refractivity contribution in [2.75, 3.05) is 13.1 Å². The number of aromatic nitrogens is 2. The first-order valence-electron chi connectivity index (χ1n) is 7.77. The molecule has 0 aliphatic carbocycles. The molecule has 0 saturated heterocycles. The molecule has 0 atom stereocenters. The average molecular weight is 288 g/mol. The van der Waals surface area contributed by atoms with Crippen molar-refractivity contribution < 1.29 is 4.42 Å². The predicted octanol–water partition coefficient (Wildman–Crippen LogP) is 2.30. The molecular formula is C16H24N4O. The van der Waals surface area contributed by atoms with Crippen LogP contribution in [0.25, 0.3) is 0 Å². The van der Waals surface area contributed by atoms with E-state index in [1.54, 1.807) is 0 Å². The van der Waals surface area contributed by atoms with Crippen LogP contribution in [0.2, 0.25) is 0 Å². The van der Waals surface area contributed by atoms with Crippen molar-refractivity contribution in [1.82, 2.24) is 19.8 Å². The molecule has 0 bridgehead atoms. The number of imidazole rings is 1. The zero-order valence-electron chi connectivity index (χ0n) is 12.9. The lowest BCUT2D eigenvalue weighted by molar-refractivity contribution is 0.207. The maximum Gasteiger partial charge on any atom is 0.122 e. The fourth-order valence-electron chi connectivity index (χ4n) is 2.82. The van der Waals surface area contributed by atoms with E-state index in [9.17, 15) is 0 Å². The topological polar surface area (TPSA) is 46.2 Å².